The summed E-state index contributed by atoms with van der Waals surface area (Å²) in [7, 11) is 0. The molecule has 0 spiro atoms. The predicted octanol–water partition coefficient (Wildman–Crippen LogP) is 5.17. The van der Waals surface area contributed by atoms with E-state index in [-0.39, 0.29) is 23.1 Å². The average Bonchev–Trinajstić information content (AvgIpc) is 3.06. The van der Waals surface area contributed by atoms with Gasteiger partial charge in [-0.1, -0.05) is 36.0 Å². The van der Waals surface area contributed by atoms with Gasteiger partial charge in [-0.25, -0.2) is 13.2 Å². The topological polar surface area (TPSA) is 43.4 Å². The molecule has 1 N–H and O–H groups in total. The molecule has 166 valence electrons. The van der Waals surface area contributed by atoms with Crippen LogP contribution in [0.1, 0.15) is 43.5 Å². The second-order valence-electron chi connectivity index (χ2n) is 8.61. The van der Waals surface area contributed by atoms with Crippen LogP contribution in [0.3, 0.4) is 0 Å². The fourth-order valence-electron chi connectivity index (χ4n) is 4.21. The van der Waals surface area contributed by atoms with E-state index in [0.717, 1.165) is 5.69 Å². The quantitative estimate of drug-likeness (QED) is 0.627. The van der Waals surface area contributed by atoms with Gasteiger partial charge in [-0.3, -0.25) is 4.98 Å². The normalized spacial score (nSPS) is 26.5. The van der Waals surface area contributed by atoms with Crippen molar-refractivity contribution in [1.82, 2.24) is 10.3 Å². The molecule has 0 radical (unpaired) electrons. The van der Waals surface area contributed by atoms with E-state index in [1.165, 1.54) is 39.1 Å². The maximum Gasteiger partial charge on any atom is 0.302 e. The number of rotatable bonds is 3. The lowest BCUT2D eigenvalue weighted by Gasteiger charge is -2.44. The maximum absolute atomic E-state index is 15.6. The minimum atomic E-state index is -3.47. The van der Waals surface area contributed by atoms with Crippen molar-refractivity contribution >= 4 is 28.8 Å². The zero-order chi connectivity index (χ0) is 22.6. The molecule has 1 saturated heterocycles. The molecule has 0 amide bonds. The third-order valence-electron chi connectivity index (χ3n) is 6.06. The van der Waals surface area contributed by atoms with Crippen molar-refractivity contribution in [2.24, 2.45) is 0 Å². The smallest absolute Gasteiger partial charge is 0.302 e. The lowest BCUT2D eigenvalue weighted by Crippen LogP contribution is -2.62. The standard InChI is InChI=1S/C22H22ClF3N2O2S/c1-20(2)22(25,26)21(3,28-18(31)11-30-20)15-7-12(4-5-16(15)24)6-13-10-29-17-8-14(23)9-27-19(13)17/h4-5,7-9,13H,6,10-11H2,1-3H3,(H,28,31)/t13?,21-/m1/s1. The van der Waals surface area contributed by atoms with E-state index in [1.54, 1.807) is 12.1 Å². The molecule has 1 aromatic heterocycles. The van der Waals surface area contributed by atoms with Crippen LogP contribution in [-0.2, 0) is 16.7 Å². The third-order valence-corrected chi connectivity index (χ3v) is 6.49. The predicted molar refractivity (Wildman–Crippen MR) is 116 cm³/mol. The van der Waals surface area contributed by atoms with Gasteiger partial charge in [-0.05, 0) is 38.8 Å². The van der Waals surface area contributed by atoms with E-state index in [0.29, 0.717) is 29.4 Å². The van der Waals surface area contributed by atoms with Crippen molar-refractivity contribution in [1.29, 1.82) is 0 Å². The molecule has 0 aliphatic carbocycles. The molecule has 1 aromatic carbocycles. The highest BCUT2D eigenvalue weighted by Gasteiger charge is 2.64. The van der Waals surface area contributed by atoms with Crippen LogP contribution in [0.5, 0.6) is 5.75 Å². The first-order chi connectivity index (χ1) is 14.4. The molecule has 2 atom stereocenters. The molecular formula is C22H22ClF3N2O2S. The Bertz CT molecular complexity index is 1050. The molecule has 3 heterocycles. The monoisotopic (exact) mass is 470 g/mol. The Labute approximate surface area is 189 Å². The Morgan fingerprint density at radius 2 is 2.00 bits per heavy atom. The lowest BCUT2D eigenvalue weighted by molar-refractivity contribution is -0.216. The Balaban J connectivity index is 1.72. The molecular weight excluding hydrogens is 449 g/mol. The van der Waals surface area contributed by atoms with Crippen LogP contribution >= 0.6 is 23.8 Å². The number of pyridine rings is 1. The number of benzene rings is 1. The Kier molecular flexibility index (Phi) is 5.47. The molecule has 4 nitrogen and oxygen atoms in total. The molecule has 1 unspecified atom stereocenters. The fourth-order valence-corrected chi connectivity index (χ4v) is 4.62. The van der Waals surface area contributed by atoms with Crippen molar-refractivity contribution in [2.45, 2.75) is 50.2 Å². The van der Waals surface area contributed by atoms with E-state index in [9.17, 15) is 4.39 Å². The highest BCUT2D eigenvalue weighted by atomic mass is 35.5. The van der Waals surface area contributed by atoms with Crippen molar-refractivity contribution in [2.75, 3.05) is 13.2 Å². The number of thiocarbonyl (C=S) groups is 1. The van der Waals surface area contributed by atoms with Crippen LogP contribution < -0.4 is 10.1 Å². The van der Waals surface area contributed by atoms with Gasteiger partial charge in [0.1, 0.15) is 27.7 Å². The second kappa shape index (κ2) is 7.60. The number of aromatic nitrogens is 1. The number of nitrogens with zero attached hydrogens (tertiary/aromatic N) is 1. The SMILES string of the molecule is CC1(C)OCC(=S)N[C@](C)(c2cc(CC3COc4cc(Cl)cnc43)ccc2F)C1(F)F. The number of hydrogen-bond donors (Lipinski definition) is 1. The summed E-state index contributed by atoms with van der Waals surface area (Å²) in [4.78, 5) is 4.44. The minimum absolute atomic E-state index is 0.0942. The van der Waals surface area contributed by atoms with Crippen molar-refractivity contribution in [3.8, 4) is 5.75 Å². The molecule has 31 heavy (non-hydrogen) atoms. The van der Waals surface area contributed by atoms with Gasteiger partial charge in [0.05, 0.1) is 23.9 Å². The largest absolute Gasteiger partial charge is 0.491 e. The first-order valence-electron chi connectivity index (χ1n) is 9.84. The van der Waals surface area contributed by atoms with E-state index >= 15 is 8.78 Å². The van der Waals surface area contributed by atoms with Gasteiger partial charge in [0.15, 0.2) is 0 Å². The molecule has 2 aromatic rings. The third kappa shape index (κ3) is 3.68. The summed E-state index contributed by atoms with van der Waals surface area (Å²) in [5.41, 5.74) is -2.70. The number of halogens is 4. The lowest BCUT2D eigenvalue weighted by atomic mass is 9.77. The van der Waals surface area contributed by atoms with E-state index in [1.807, 2.05) is 0 Å². The van der Waals surface area contributed by atoms with Gasteiger partial charge in [-0.2, -0.15) is 0 Å². The fraction of sp³-hybridized carbons (Fsp3) is 0.455. The highest BCUT2D eigenvalue weighted by molar-refractivity contribution is 7.80. The summed E-state index contributed by atoms with van der Waals surface area (Å²) in [5, 5.41) is 3.14. The van der Waals surface area contributed by atoms with Crippen molar-refractivity contribution in [3.63, 3.8) is 0 Å². The van der Waals surface area contributed by atoms with Gasteiger partial charge in [-0.15, -0.1) is 0 Å². The Morgan fingerprint density at radius 3 is 2.74 bits per heavy atom. The van der Waals surface area contributed by atoms with Gasteiger partial charge in [0.2, 0.25) is 0 Å². The van der Waals surface area contributed by atoms with Crippen LogP contribution in [-0.4, -0.2) is 34.7 Å². The Morgan fingerprint density at radius 1 is 1.26 bits per heavy atom. The van der Waals surface area contributed by atoms with E-state index < -0.39 is 22.9 Å². The van der Waals surface area contributed by atoms with E-state index in [4.69, 9.17) is 33.3 Å². The first kappa shape index (κ1) is 22.3. The van der Waals surface area contributed by atoms with Crippen molar-refractivity contribution < 1.29 is 22.6 Å². The molecule has 2 aliphatic rings. The van der Waals surface area contributed by atoms with Crippen LogP contribution in [0.2, 0.25) is 5.02 Å². The number of fused-ring (bicyclic) bond motifs is 1. The summed E-state index contributed by atoms with van der Waals surface area (Å²) in [6.07, 6.45) is 1.99. The molecule has 4 rings (SSSR count). The van der Waals surface area contributed by atoms with E-state index in [2.05, 4.69) is 10.3 Å². The zero-order valence-corrected chi connectivity index (χ0v) is 18.8. The molecule has 0 bridgehead atoms. The van der Waals surface area contributed by atoms with Crippen LogP contribution in [0.15, 0.2) is 30.5 Å². The van der Waals surface area contributed by atoms with Crippen LogP contribution in [0, 0.1) is 5.82 Å². The van der Waals surface area contributed by atoms with Crippen molar-refractivity contribution in [3.05, 3.63) is 58.1 Å². The highest BCUT2D eigenvalue weighted by Crippen LogP contribution is 2.48. The molecule has 1 fully saturated rings. The van der Waals surface area contributed by atoms with Crippen LogP contribution in [0.4, 0.5) is 13.2 Å². The summed E-state index contributed by atoms with van der Waals surface area (Å²) < 4.78 is 57.2. The number of nitrogens with one attached hydrogen (secondary N) is 1. The summed E-state index contributed by atoms with van der Waals surface area (Å²) in [6.45, 7) is 4.04. The number of ether oxygens (including phenoxy) is 2. The first-order valence-corrected chi connectivity index (χ1v) is 10.6. The van der Waals surface area contributed by atoms with Gasteiger partial charge < -0.3 is 14.8 Å². The molecule has 2 aliphatic heterocycles. The van der Waals surface area contributed by atoms with Crippen LogP contribution in [0.25, 0.3) is 0 Å². The summed E-state index contributed by atoms with van der Waals surface area (Å²) in [5.74, 6) is -3.71. The van der Waals surface area contributed by atoms with Gasteiger partial charge >= 0.3 is 5.92 Å². The van der Waals surface area contributed by atoms with Gasteiger partial charge in [0, 0.05) is 23.7 Å². The number of alkyl halides is 2. The molecule has 9 heteroatoms. The van der Waals surface area contributed by atoms with Gasteiger partial charge in [0.25, 0.3) is 0 Å². The zero-order valence-electron chi connectivity index (χ0n) is 17.3. The summed E-state index contributed by atoms with van der Waals surface area (Å²) in [6, 6.07) is 5.96. The average molecular weight is 471 g/mol. The Hall–Kier alpha value is -1.90. The maximum atomic E-state index is 15.6. The number of hydrogen-bond acceptors (Lipinski definition) is 4. The second-order valence-corrected chi connectivity index (χ2v) is 9.54. The molecule has 0 saturated carbocycles. The minimum Gasteiger partial charge on any atom is -0.491 e. The summed E-state index contributed by atoms with van der Waals surface area (Å²) >= 11 is 11.1.